The first kappa shape index (κ1) is 67.6. The molecule has 0 heterocycles. The maximum Gasteiger partial charge on any atom is 0.0459 e. The molecule has 0 aromatic rings. The minimum Gasteiger partial charge on any atom is -0.385 e. The van der Waals surface area contributed by atoms with Crippen LogP contribution in [0, 0.1) is 0 Å². The van der Waals surface area contributed by atoms with Gasteiger partial charge in [-0.2, -0.15) is 0 Å². The van der Waals surface area contributed by atoms with Gasteiger partial charge in [-0.05, 0) is 19.3 Å². The fourth-order valence-electron chi connectivity index (χ4n) is 0.612. The normalized spacial score (nSPS) is 5.73. The summed E-state index contributed by atoms with van der Waals surface area (Å²) in [4.78, 5) is 0. The molecule has 0 saturated carbocycles. The first-order valence-corrected chi connectivity index (χ1v) is 5.71. The first-order chi connectivity index (χ1) is 7.24. The minimum absolute atomic E-state index is 0. The third-order valence-electron chi connectivity index (χ3n) is 1.22. The Morgan fingerprint density at radius 2 is 0.545 bits per heavy atom. The molecule has 3 heteroatoms. The van der Waals surface area contributed by atoms with Gasteiger partial charge in [0, 0.05) is 41.2 Å². The van der Waals surface area contributed by atoms with E-state index in [2.05, 4.69) is 20.8 Å². The summed E-state index contributed by atoms with van der Waals surface area (Å²) >= 11 is 0. The molecule has 0 rings (SSSR count). The summed E-state index contributed by atoms with van der Waals surface area (Å²) in [5.74, 6) is 0. The van der Waals surface area contributed by atoms with Crippen molar-refractivity contribution in [2.24, 2.45) is 0 Å². The lowest BCUT2D eigenvalue weighted by Crippen LogP contribution is -1.80. The van der Waals surface area contributed by atoms with E-state index in [9.17, 15) is 0 Å². The van der Waals surface area contributed by atoms with Crippen molar-refractivity contribution in [2.45, 2.75) is 92.0 Å². The van der Waals surface area contributed by atoms with E-state index in [1.165, 1.54) is 0 Å². The Balaban J connectivity index is -0.0000000106. The van der Waals surface area contributed by atoms with Crippen molar-refractivity contribution in [3.8, 4) is 0 Å². The highest BCUT2D eigenvalue weighted by Gasteiger charge is 1.67. The highest BCUT2D eigenvalue weighted by Crippen LogP contribution is 1.71. The topological polar surface area (TPSA) is 27.7 Å². The monoisotopic (exact) mass is 334 g/mol. The van der Waals surface area contributed by atoms with Gasteiger partial charge in [0.25, 0.3) is 0 Å². The van der Waals surface area contributed by atoms with Crippen LogP contribution in [-0.4, -0.2) is 41.2 Å². The maximum absolute atomic E-state index is 4.69. The van der Waals surface area contributed by atoms with E-state index in [1.54, 1.807) is 21.3 Å². The zero-order chi connectivity index (χ0) is 12.4. The molecule has 22 heavy (non-hydrogen) atoms. The zero-order valence-electron chi connectivity index (χ0n) is 11.5. The van der Waals surface area contributed by atoms with Gasteiger partial charge < -0.3 is 14.2 Å². The van der Waals surface area contributed by atoms with E-state index in [1.807, 2.05) is 0 Å². The van der Waals surface area contributed by atoms with Gasteiger partial charge in [0.05, 0.1) is 0 Å². The Morgan fingerprint density at radius 1 is 0.409 bits per heavy atom. The van der Waals surface area contributed by atoms with Crippen LogP contribution < -0.4 is 0 Å². The smallest absolute Gasteiger partial charge is 0.0459 e. The van der Waals surface area contributed by atoms with Crippen LogP contribution in [0.4, 0.5) is 0 Å². The summed E-state index contributed by atoms with van der Waals surface area (Å²) in [6, 6.07) is 0. The minimum atomic E-state index is 0. The van der Waals surface area contributed by atoms with Crippen LogP contribution in [0.25, 0.3) is 0 Å². The van der Waals surface area contributed by atoms with Crippen LogP contribution in [0.1, 0.15) is 92.0 Å². The molecule has 0 aliphatic carbocycles. The predicted octanol–water partition coefficient (Wildman–Crippen LogP) is 7.58. The molecule has 0 saturated heterocycles. The van der Waals surface area contributed by atoms with E-state index in [0.717, 1.165) is 39.1 Å². The van der Waals surface area contributed by atoms with Crippen molar-refractivity contribution >= 4 is 0 Å². The summed E-state index contributed by atoms with van der Waals surface area (Å²) in [5.41, 5.74) is 0. The molecular weight excluding hydrogens is 276 g/mol. The molecule has 0 unspecified atom stereocenters. The predicted molar refractivity (Wildman–Crippen MR) is 114 cm³/mol. The average Bonchev–Trinajstić information content (AvgIpc) is 2.23. The lowest BCUT2D eigenvalue weighted by Gasteiger charge is -1.84. The average molecular weight is 335 g/mol. The molecule has 0 aromatic heterocycles. The van der Waals surface area contributed by atoms with Gasteiger partial charge in [-0.25, -0.2) is 0 Å². The molecule has 0 amide bonds. The highest BCUT2D eigenvalue weighted by molar-refractivity contribution is 4.16. The van der Waals surface area contributed by atoms with E-state index >= 15 is 0 Å². The first-order valence-electron chi connectivity index (χ1n) is 5.71. The van der Waals surface area contributed by atoms with Crippen LogP contribution in [0.2, 0.25) is 0 Å². The van der Waals surface area contributed by atoms with Gasteiger partial charge >= 0.3 is 0 Å². The molecule has 0 bridgehead atoms. The fourth-order valence-corrected chi connectivity index (χ4v) is 0.612. The van der Waals surface area contributed by atoms with E-state index in [0.29, 0.717) is 0 Å². The number of hydrogen-bond donors (Lipinski definition) is 0. The summed E-state index contributed by atoms with van der Waals surface area (Å²) in [5, 5.41) is 0. The van der Waals surface area contributed by atoms with Crippen molar-refractivity contribution in [1.29, 1.82) is 0 Å². The number of rotatable bonds is 6. The van der Waals surface area contributed by atoms with Crippen LogP contribution in [0.3, 0.4) is 0 Å². The Kier molecular flexibility index (Phi) is 322. The van der Waals surface area contributed by atoms with Crippen molar-refractivity contribution in [3.05, 3.63) is 0 Å². The Morgan fingerprint density at radius 3 is 0.545 bits per heavy atom. The molecule has 0 N–H and O–H groups in total. The van der Waals surface area contributed by atoms with Gasteiger partial charge in [-0.15, -0.1) is 0 Å². The van der Waals surface area contributed by atoms with Crippen molar-refractivity contribution in [2.75, 3.05) is 41.2 Å². The molecule has 0 radical (unpaired) electrons. The Hall–Kier alpha value is -0.120. The van der Waals surface area contributed by atoms with Gasteiger partial charge in [0.2, 0.25) is 0 Å². The lowest BCUT2D eigenvalue weighted by atomic mass is 10.5. The second-order valence-electron chi connectivity index (χ2n) is 2.98. The second-order valence-corrected chi connectivity index (χ2v) is 2.98. The molecule has 0 aromatic carbocycles. The number of hydrogen-bond acceptors (Lipinski definition) is 3. The Bertz CT molecular complexity index is 49.4. The van der Waals surface area contributed by atoms with Gasteiger partial charge in [0.1, 0.15) is 0 Å². The van der Waals surface area contributed by atoms with Crippen LogP contribution in [0.5, 0.6) is 0 Å². The van der Waals surface area contributed by atoms with E-state index in [-0.39, 0.29) is 52.0 Å². The van der Waals surface area contributed by atoms with Crippen molar-refractivity contribution in [1.82, 2.24) is 0 Å². The van der Waals surface area contributed by atoms with Crippen molar-refractivity contribution < 1.29 is 14.2 Å². The third-order valence-corrected chi connectivity index (χ3v) is 1.22. The molecule has 0 aliphatic heterocycles. The SMILES string of the molecule is C.C.C.C.C.C.C.CCCOC.CCCOC.CCCOC. The standard InChI is InChI=1S/3C4H10O.7CH4/c3*1-3-4-5-2;;;;;;;/h3*3-4H2,1-2H3;7*1H4. The lowest BCUT2D eigenvalue weighted by molar-refractivity contribution is 0.199. The van der Waals surface area contributed by atoms with E-state index < -0.39 is 0 Å². The van der Waals surface area contributed by atoms with Gasteiger partial charge in [-0.3, -0.25) is 0 Å². The zero-order valence-corrected chi connectivity index (χ0v) is 11.5. The Labute approximate surface area is 148 Å². The van der Waals surface area contributed by atoms with Crippen LogP contribution in [-0.2, 0) is 14.2 Å². The molecule has 0 aliphatic rings. The summed E-state index contributed by atoms with van der Waals surface area (Å²) in [6.07, 6.45) is 3.36. The molecule has 3 nitrogen and oxygen atoms in total. The second kappa shape index (κ2) is 105. The number of ether oxygens (including phenoxy) is 3. The molecule has 0 spiro atoms. The van der Waals surface area contributed by atoms with Gasteiger partial charge in [0.15, 0.2) is 0 Å². The fraction of sp³-hybridized carbons (Fsp3) is 1.00. The summed E-state index contributed by atoms with van der Waals surface area (Å²) < 4.78 is 14.1. The maximum atomic E-state index is 4.69. The van der Waals surface area contributed by atoms with Gasteiger partial charge in [-0.1, -0.05) is 72.8 Å². The van der Waals surface area contributed by atoms with Crippen LogP contribution >= 0.6 is 0 Å². The molecule has 0 fully saturated rings. The quantitative estimate of drug-likeness (QED) is 0.501. The molecule has 152 valence electrons. The summed E-state index contributed by atoms with van der Waals surface area (Å²) in [6.45, 7) is 8.93. The molecular formula is C19H58O3. The number of methoxy groups -OCH3 is 3. The highest BCUT2D eigenvalue weighted by atomic mass is 16.5. The van der Waals surface area contributed by atoms with Crippen LogP contribution in [0.15, 0.2) is 0 Å². The summed E-state index contributed by atoms with van der Waals surface area (Å²) in [7, 11) is 5.14. The largest absolute Gasteiger partial charge is 0.385 e. The third kappa shape index (κ3) is 205. The van der Waals surface area contributed by atoms with Crippen molar-refractivity contribution in [3.63, 3.8) is 0 Å². The molecule has 0 atom stereocenters. The van der Waals surface area contributed by atoms with E-state index in [4.69, 9.17) is 14.2 Å².